The lowest BCUT2D eigenvalue weighted by molar-refractivity contribution is 0.187. The van der Waals surface area contributed by atoms with Crippen molar-refractivity contribution in [3.05, 3.63) is 0 Å². The van der Waals surface area contributed by atoms with Gasteiger partial charge in [0.2, 0.25) is 0 Å². The molecule has 12 heavy (non-hydrogen) atoms. The number of nitrogens with one attached hydrogen (secondary N) is 1. The van der Waals surface area contributed by atoms with Crippen molar-refractivity contribution in [1.82, 2.24) is 5.32 Å². The van der Waals surface area contributed by atoms with E-state index in [0.29, 0.717) is 0 Å². The molecule has 0 amide bonds. The van der Waals surface area contributed by atoms with E-state index in [1.807, 2.05) is 27.7 Å². The van der Waals surface area contributed by atoms with E-state index in [4.69, 9.17) is 10.8 Å². The van der Waals surface area contributed by atoms with Crippen LogP contribution in [-0.2, 0) is 0 Å². The molecular weight excluding hydrogens is 152 g/mol. The van der Waals surface area contributed by atoms with Gasteiger partial charge in [0.1, 0.15) is 0 Å². The van der Waals surface area contributed by atoms with E-state index in [-0.39, 0.29) is 17.8 Å². The first-order valence-electron chi connectivity index (χ1n) is 4.52. The normalized spacial score (nSPS) is 17.5. The van der Waals surface area contributed by atoms with Crippen LogP contribution >= 0.6 is 0 Å². The van der Waals surface area contributed by atoms with Crippen LogP contribution in [0.5, 0.6) is 0 Å². The number of hydrogen-bond acceptors (Lipinski definition) is 3. The average Bonchev–Trinajstić information content (AvgIpc) is 1.85. The van der Waals surface area contributed by atoms with Gasteiger partial charge in [-0.05, 0) is 33.6 Å². The molecule has 4 N–H and O–H groups in total. The minimum absolute atomic E-state index is 0.0890. The van der Waals surface area contributed by atoms with Crippen LogP contribution in [0, 0.1) is 0 Å². The summed E-state index contributed by atoms with van der Waals surface area (Å²) in [4.78, 5) is 0. The molecule has 0 aliphatic rings. The zero-order valence-corrected chi connectivity index (χ0v) is 8.65. The first-order valence-corrected chi connectivity index (χ1v) is 4.52. The van der Waals surface area contributed by atoms with Gasteiger partial charge in [0.15, 0.2) is 0 Å². The SMILES string of the molecule is CCC(C)(N)NC(C)(C)CCO. The Balaban J connectivity index is 4.04. The Morgan fingerprint density at radius 1 is 1.33 bits per heavy atom. The lowest BCUT2D eigenvalue weighted by Gasteiger charge is -2.36. The standard InChI is InChI=1S/C9H22N2O/c1-5-9(4,10)11-8(2,3)6-7-12/h11-12H,5-7,10H2,1-4H3. The lowest BCUT2D eigenvalue weighted by atomic mass is 9.97. The molecule has 0 rings (SSSR count). The molecule has 0 heterocycles. The molecule has 0 saturated carbocycles. The molecule has 3 heteroatoms. The van der Waals surface area contributed by atoms with Crippen LogP contribution in [0.15, 0.2) is 0 Å². The largest absolute Gasteiger partial charge is 0.396 e. The third kappa shape index (κ3) is 4.70. The van der Waals surface area contributed by atoms with Crippen molar-refractivity contribution in [1.29, 1.82) is 0 Å². The van der Waals surface area contributed by atoms with Gasteiger partial charge in [-0.3, -0.25) is 5.32 Å². The number of aliphatic hydroxyl groups excluding tert-OH is 1. The lowest BCUT2D eigenvalue weighted by Crippen LogP contribution is -2.59. The van der Waals surface area contributed by atoms with Gasteiger partial charge in [0.05, 0.1) is 5.66 Å². The van der Waals surface area contributed by atoms with Crippen molar-refractivity contribution in [2.45, 2.75) is 51.7 Å². The van der Waals surface area contributed by atoms with Crippen LogP contribution in [0.1, 0.15) is 40.5 Å². The highest BCUT2D eigenvalue weighted by atomic mass is 16.3. The summed E-state index contributed by atoms with van der Waals surface area (Å²) in [6, 6.07) is 0. The van der Waals surface area contributed by atoms with Gasteiger partial charge < -0.3 is 10.8 Å². The van der Waals surface area contributed by atoms with Crippen LogP contribution in [-0.4, -0.2) is 22.9 Å². The molecule has 1 atom stereocenters. The van der Waals surface area contributed by atoms with E-state index in [1.165, 1.54) is 0 Å². The predicted molar refractivity (Wildman–Crippen MR) is 51.8 cm³/mol. The second kappa shape index (κ2) is 4.21. The minimum atomic E-state index is -0.335. The number of rotatable bonds is 5. The molecule has 0 spiro atoms. The van der Waals surface area contributed by atoms with Gasteiger partial charge in [0.25, 0.3) is 0 Å². The Kier molecular flexibility index (Phi) is 4.17. The number of aliphatic hydroxyl groups is 1. The first-order chi connectivity index (χ1) is 5.33. The maximum absolute atomic E-state index is 8.79. The highest BCUT2D eigenvalue weighted by Crippen LogP contribution is 2.13. The zero-order valence-electron chi connectivity index (χ0n) is 8.65. The van der Waals surface area contributed by atoms with E-state index in [1.54, 1.807) is 0 Å². The van der Waals surface area contributed by atoms with Gasteiger partial charge >= 0.3 is 0 Å². The zero-order chi connectivity index (χ0) is 9.83. The monoisotopic (exact) mass is 174 g/mol. The van der Waals surface area contributed by atoms with Crippen LogP contribution < -0.4 is 11.1 Å². The Morgan fingerprint density at radius 2 is 1.83 bits per heavy atom. The summed E-state index contributed by atoms with van der Waals surface area (Å²) in [5.74, 6) is 0. The van der Waals surface area contributed by atoms with E-state index >= 15 is 0 Å². The van der Waals surface area contributed by atoms with E-state index in [0.717, 1.165) is 12.8 Å². The Morgan fingerprint density at radius 3 is 2.17 bits per heavy atom. The van der Waals surface area contributed by atoms with Gasteiger partial charge in [0, 0.05) is 12.1 Å². The van der Waals surface area contributed by atoms with Crippen LogP contribution in [0.4, 0.5) is 0 Å². The fraction of sp³-hybridized carbons (Fsp3) is 1.00. The Labute approximate surface area is 75.3 Å². The van der Waals surface area contributed by atoms with Crippen molar-refractivity contribution in [2.75, 3.05) is 6.61 Å². The molecule has 3 nitrogen and oxygen atoms in total. The quantitative estimate of drug-likeness (QED) is 0.541. The van der Waals surface area contributed by atoms with Gasteiger partial charge in [-0.25, -0.2) is 0 Å². The van der Waals surface area contributed by atoms with Crippen molar-refractivity contribution < 1.29 is 5.11 Å². The molecule has 74 valence electrons. The number of hydrogen-bond donors (Lipinski definition) is 3. The molecule has 0 fully saturated rings. The Bertz CT molecular complexity index is 132. The molecule has 0 aliphatic heterocycles. The van der Waals surface area contributed by atoms with Gasteiger partial charge in [-0.1, -0.05) is 6.92 Å². The summed E-state index contributed by atoms with van der Waals surface area (Å²) >= 11 is 0. The molecule has 0 bridgehead atoms. The fourth-order valence-corrected chi connectivity index (χ4v) is 1.20. The summed E-state index contributed by atoms with van der Waals surface area (Å²) < 4.78 is 0. The third-order valence-corrected chi connectivity index (χ3v) is 2.10. The second-order valence-electron chi connectivity index (χ2n) is 4.25. The topological polar surface area (TPSA) is 58.3 Å². The minimum Gasteiger partial charge on any atom is -0.396 e. The number of nitrogens with two attached hydrogens (primary N) is 1. The molecule has 0 saturated heterocycles. The van der Waals surface area contributed by atoms with Crippen molar-refractivity contribution in [3.63, 3.8) is 0 Å². The molecule has 0 aromatic carbocycles. The first kappa shape index (κ1) is 11.9. The molecule has 0 aromatic heterocycles. The maximum atomic E-state index is 8.79. The summed E-state index contributed by atoms with van der Waals surface area (Å²) in [7, 11) is 0. The third-order valence-electron chi connectivity index (χ3n) is 2.10. The summed E-state index contributed by atoms with van der Waals surface area (Å²) in [5.41, 5.74) is 5.52. The Hall–Kier alpha value is -0.120. The average molecular weight is 174 g/mol. The van der Waals surface area contributed by atoms with E-state index in [9.17, 15) is 0 Å². The molecule has 1 unspecified atom stereocenters. The van der Waals surface area contributed by atoms with Crippen molar-refractivity contribution in [2.24, 2.45) is 5.73 Å². The summed E-state index contributed by atoms with van der Waals surface area (Å²) in [6.45, 7) is 8.29. The van der Waals surface area contributed by atoms with Crippen molar-refractivity contribution >= 4 is 0 Å². The molecule has 0 aliphatic carbocycles. The van der Waals surface area contributed by atoms with Crippen molar-refractivity contribution in [3.8, 4) is 0 Å². The smallest absolute Gasteiger partial charge is 0.0634 e. The molecular formula is C9H22N2O. The van der Waals surface area contributed by atoms with Gasteiger partial charge in [-0.2, -0.15) is 0 Å². The summed E-state index contributed by atoms with van der Waals surface area (Å²) in [5, 5.41) is 12.1. The van der Waals surface area contributed by atoms with E-state index < -0.39 is 0 Å². The predicted octanol–water partition coefficient (Wildman–Crippen LogP) is 0.822. The molecule has 0 aromatic rings. The highest BCUT2D eigenvalue weighted by molar-refractivity contribution is 4.86. The maximum Gasteiger partial charge on any atom is 0.0634 e. The van der Waals surface area contributed by atoms with Crippen LogP contribution in [0.2, 0.25) is 0 Å². The molecule has 0 radical (unpaired) electrons. The second-order valence-corrected chi connectivity index (χ2v) is 4.25. The van der Waals surface area contributed by atoms with Crippen LogP contribution in [0.25, 0.3) is 0 Å². The van der Waals surface area contributed by atoms with Crippen LogP contribution in [0.3, 0.4) is 0 Å². The van der Waals surface area contributed by atoms with E-state index in [2.05, 4.69) is 5.32 Å². The summed E-state index contributed by atoms with van der Waals surface area (Å²) in [6.07, 6.45) is 1.60. The fourth-order valence-electron chi connectivity index (χ4n) is 1.20. The van der Waals surface area contributed by atoms with Gasteiger partial charge in [-0.15, -0.1) is 0 Å². The highest BCUT2D eigenvalue weighted by Gasteiger charge is 2.25.